The lowest BCUT2D eigenvalue weighted by atomic mass is 10.2. The van der Waals surface area contributed by atoms with Crippen molar-refractivity contribution in [2.75, 3.05) is 18.5 Å². The van der Waals surface area contributed by atoms with Gasteiger partial charge in [0, 0.05) is 17.3 Å². The van der Waals surface area contributed by atoms with E-state index in [4.69, 9.17) is 16.3 Å². The number of hydrogen-bond acceptors (Lipinski definition) is 4. The number of benzene rings is 2. The normalized spacial score (nSPS) is 11.2. The topological polar surface area (TPSA) is 84.5 Å². The Bertz CT molecular complexity index is 883. The predicted octanol–water partition coefficient (Wildman–Crippen LogP) is 3.74. The maximum Gasteiger partial charge on any atom is 0.262 e. The van der Waals surface area contributed by atoms with E-state index in [0.717, 1.165) is 18.4 Å². The van der Waals surface area contributed by atoms with E-state index in [0.29, 0.717) is 23.0 Å². The molecule has 0 aliphatic rings. The van der Waals surface area contributed by atoms with Crippen LogP contribution in [0.5, 0.6) is 5.75 Å². The first-order valence-corrected chi connectivity index (χ1v) is 10.5. The summed E-state index contributed by atoms with van der Waals surface area (Å²) < 4.78 is 32.2. The summed E-state index contributed by atoms with van der Waals surface area (Å²) in [5.41, 5.74) is 1.50. The zero-order valence-electron chi connectivity index (χ0n) is 15.3. The number of sulfonamides is 1. The number of amides is 1. The first kappa shape index (κ1) is 21.2. The van der Waals surface area contributed by atoms with Gasteiger partial charge >= 0.3 is 0 Å². The van der Waals surface area contributed by atoms with Crippen LogP contribution in [0, 0.1) is 6.92 Å². The quantitative estimate of drug-likeness (QED) is 0.616. The fraction of sp³-hybridized carbons (Fsp3) is 0.316. The van der Waals surface area contributed by atoms with Crippen LogP contribution in [0.3, 0.4) is 0 Å². The monoisotopic (exact) mass is 410 g/mol. The zero-order chi connectivity index (χ0) is 19.9. The third-order valence-corrected chi connectivity index (χ3v) is 5.67. The fourth-order valence-electron chi connectivity index (χ4n) is 2.20. The van der Waals surface area contributed by atoms with Gasteiger partial charge < -0.3 is 10.1 Å². The van der Waals surface area contributed by atoms with Crippen LogP contribution in [0.2, 0.25) is 5.02 Å². The first-order chi connectivity index (χ1) is 12.8. The van der Waals surface area contributed by atoms with Gasteiger partial charge in [0.2, 0.25) is 10.0 Å². The van der Waals surface area contributed by atoms with Crippen LogP contribution in [0.1, 0.15) is 25.3 Å². The van der Waals surface area contributed by atoms with Gasteiger partial charge in [-0.1, -0.05) is 31.0 Å². The molecule has 0 bridgehead atoms. The Balaban J connectivity index is 1.88. The van der Waals surface area contributed by atoms with Crippen LogP contribution in [0.15, 0.2) is 47.4 Å². The van der Waals surface area contributed by atoms with E-state index in [-0.39, 0.29) is 17.4 Å². The smallest absolute Gasteiger partial charge is 0.262 e. The molecular formula is C19H23ClN2O4S. The number of hydrogen-bond donors (Lipinski definition) is 2. The van der Waals surface area contributed by atoms with Crippen molar-refractivity contribution in [1.29, 1.82) is 0 Å². The highest BCUT2D eigenvalue weighted by molar-refractivity contribution is 7.89. The molecule has 0 heterocycles. The SMILES string of the molecule is CCCCNS(=O)(=O)c1ccc(OCC(=O)Nc2ccc(C)c(Cl)c2)cc1. The van der Waals surface area contributed by atoms with Crippen molar-refractivity contribution in [1.82, 2.24) is 4.72 Å². The largest absolute Gasteiger partial charge is 0.484 e. The van der Waals surface area contributed by atoms with E-state index in [1.54, 1.807) is 12.1 Å². The van der Waals surface area contributed by atoms with Crippen LogP contribution in [0.25, 0.3) is 0 Å². The molecule has 0 aliphatic heterocycles. The molecule has 6 nitrogen and oxygen atoms in total. The first-order valence-electron chi connectivity index (χ1n) is 8.60. The number of aryl methyl sites for hydroxylation is 1. The third-order valence-electron chi connectivity index (χ3n) is 3.78. The maximum atomic E-state index is 12.1. The Labute approximate surface area is 164 Å². The summed E-state index contributed by atoms with van der Waals surface area (Å²) in [4.78, 5) is 12.1. The average Bonchev–Trinajstić information content (AvgIpc) is 2.63. The molecule has 8 heteroatoms. The van der Waals surface area contributed by atoms with Crippen molar-refractivity contribution in [3.8, 4) is 5.75 Å². The number of ether oxygens (including phenoxy) is 1. The van der Waals surface area contributed by atoms with E-state index in [1.165, 1.54) is 24.3 Å². The summed E-state index contributed by atoms with van der Waals surface area (Å²) in [6.45, 7) is 4.07. The van der Waals surface area contributed by atoms with Crippen molar-refractivity contribution >= 4 is 33.2 Å². The number of carbonyl (C=O) groups excluding carboxylic acids is 1. The molecule has 2 N–H and O–H groups in total. The summed E-state index contributed by atoms with van der Waals surface area (Å²) in [6.07, 6.45) is 1.69. The molecule has 0 spiro atoms. The third kappa shape index (κ3) is 6.53. The summed E-state index contributed by atoms with van der Waals surface area (Å²) in [6, 6.07) is 11.2. The van der Waals surface area contributed by atoms with Gasteiger partial charge in [-0.2, -0.15) is 0 Å². The minimum atomic E-state index is -3.53. The molecule has 2 rings (SSSR count). The van der Waals surface area contributed by atoms with E-state index >= 15 is 0 Å². The average molecular weight is 411 g/mol. The molecule has 1 amide bonds. The number of unbranched alkanes of at least 4 members (excludes halogenated alkanes) is 1. The second kappa shape index (κ2) is 9.73. The molecular weight excluding hydrogens is 388 g/mol. The van der Waals surface area contributed by atoms with Crippen molar-refractivity contribution in [2.45, 2.75) is 31.6 Å². The van der Waals surface area contributed by atoms with Gasteiger partial charge in [0.05, 0.1) is 4.90 Å². The Kier molecular flexibility index (Phi) is 7.65. The fourth-order valence-corrected chi connectivity index (χ4v) is 3.45. The number of rotatable bonds is 9. The van der Waals surface area contributed by atoms with Gasteiger partial charge in [-0.05, 0) is 55.3 Å². The van der Waals surface area contributed by atoms with Crippen LogP contribution in [-0.4, -0.2) is 27.5 Å². The van der Waals surface area contributed by atoms with Crippen LogP contribution < -0.4 is 14.8 Å². The Hall–Kier alpha value is -2.09. The van der Waals surface area contributed by atoms with E-state index in [9.17, 15) is 13.2 Å². The molecule has 0 unspecified atom stereocenters. The highest BCUT2D eigenvalue weighted by atomic mass is 35.5. The maximum absolute atomic E-state index is 12.1. The molecule has 0 aliphatic carbocycles. The number of carbonyl (C=O) groups is 1. The highest BCUT2D eigenvalue weighted by Gasteiger charge is 2.13. The summed E-state index contributed by atoms with van der Waals surface area (Å²) >= 11 is 6.03. The summed E-state index contributed by atoms with van der Waals surface area (Å²) in [5.74, 6) is 0.0625. The highest BCUT2D eigenvalue weighted by Crippen LogP contribution is 2.20. The Morgan fingerprint density at radius 2 is 1.85 bits per heavy atom. The van der Waals surface area contributed by atoms with Crippen molar-refractivity contribution in [2.24, 2.45) is 0 Å². The molecule has 0 aromatic heterocycles. The minimum Gasteiger partial charge on any atom is -0.484 e. The molecule has 0 atom stereocenters. The minimum absolute atomic E-state index is 0.157. The standard InChI is InChI=1S/C19H23ClN2O4S/c1-3-4-11-21-27(24,25)17-9-7-16(8-10-17)26-13-19(23)22-15-6-5-14(2)18(20)12-15/h5-10,12,21H,3-4,11,13H2,1-2H3,(H,22,23). The molecule has 2 aromatic carbocycles. The van der Waals surface area contributed by atoms with Gasteiger partial charge in [-0.15, -0.1) is 0 Å². The lowest BCUT2D eigenvalue weighted by Crippen LogP contribution is -2.24. The van der Waals surface area contributed by atoms with E-state index < -0.39 is 10.0 Å². The van der Waals surface area contributed by atoms with Crippen LogP contribution in [-0.2, 0) is 14.8 Å². The van der Waals surface area contributed by atoms with Gasteiger partial charge in [0.25, 0.3) is 5.91 Å². The second-order valence-electron chi connectivity index (χ2n) is 6.02. The second-order valence-corrected chi connectivity index (χ2v) is 8.20. The lowest BCUT2D eigenvalue weighted by Gasteiger charge is -2.10. The molecule has 27 heavy (non-hydrogen) atoms. The van der Waals surface area contributed by atoms with Gasteiger partial charge in [0.15, 0.2) is 6.61 Å². The Morgan fingerprint density at radius 3 is 2.48 bits per heavy atom. The van der Waals surface area contributed by atoms with Crippen LogP contribution >= 0.6 is 11.6 Å². The summed E-state index contributed by atoms with van der Waals surface area (Å²) in [7, 11) is -3.53. The van der Waals surface area contributed by atoms with Crippen molar-refractivity contribution < 1.29 is 17.9 Å². The van der Waals surface area contributed by atoms with E-state index in [1.807, 2.05) is 19.9 Å². The molecule has 146 valence electrons. The molecule has 2 aromatic rings. The van der Waals surface area contributed by atoms with Crippen molar-refractivity contribution in [3.05, 3.63) is 53.1 Å². The number of anilines is 1. The van der Waals surface area contributed by atoms with Crippen LogP contribution in [0.4, 0.5) is 5.69 Å². The van der Waals surface area contributed by atoms with Gasteiger partial charge in [0.1, 0.15) is 5.75 Å². The predicted molar refractivity (Wildman–Crippen MR) is 107 cm³/mol. The number of nitrogens with one attached hydrogen (secondary N) is 2. The molecule has 0 saturated carbocycles. The molecule has 0 saturated heterocycles. The van der Waals surface area contributed by atoms with Gasteiger partial charge in [-0.25, -0.2) is 13.1 Å². The molecule has 0 radical (unpaired) electrons. The molecule has 0 fully saturated rings. The van der Waals surface area contributed by atoms with Gasteiger partial charge in [-0.3, -0.25) is 4.79 Å². The van der Waals surface area contributed by atoms with Crippen molar-refractivity contribution in [3.63, 3.8) is 0 Å². The summed E-state index contributed by atoms with van der Waals surface area (Å²) in [5, 5.41) is 3.26. The number of halogens is 1. The zero-order valence-corrected chi connectivity index (χ0v) is 16.9. The van der Waals surface area contributed by atoms with E-state index in [2.05, 4.69) is 10.0 Å². The lowest BCUT2D eigenvalue weighted by molar-refractivity contribution is -0.118. The Morgan fingerprint density at radius 1 is 1.15 bits per heavy atom.